The average Bonchev–Trinajstić information content (AvgIpc) is 2.28. The minimum absolute atomic E-state index is 0.00124. The first-order chi connectivity index (χ1) is 8.79. The summed E-state index contributed by atoms with van der Waals surface area (Å²) < 4.78 is 0. The van der Waals surface area contributed by atoms with Crippen LogP contribution < -0.4 is 5.32 Å². The van der Waals surface area contributed by atoms with Gasteiger partial charge in [0.25, 0.3) is 6.54 Å². The molecule has 1 aromatic carbocycles. The molecule has 0 saturated heterocycles. The Hall–Kier alpha value is -1.91. The molecule has 0 aliphatic carbocycles. The third-order valence-corrected chi connectivity index (χ3v) is 2.94. The number of nitro groups is 1. The van der Waals surface area contributed by atoms with Gasteiger partial charge in [0.05, 0.1) is 6.04 Å². The molecule has 1 N–H and O–H groups in total. The molecule has 0 aliphatic heterocycles. The van der Waals surface area contributed by atoms with E-state index in [2.05, 4.69) is 31.1 Å². The van der Waals surface area contributed by atoms with E-state index in [-0.39, 0.29) is 22.9 Å². The van der Waals surface area contributed by atoms with Gasteiger partial charge in [0.15, 0.2) is 5.84 Å². The fourth-order valence-electron chi connectivity index (χ4n) is 1.35. The summed E-state index contributed by atoms with van der Waals surface area (Å²) >= 11 is 0. The van der Waals surface area contributed by atoms with Gasteiger partial charge in [0.1, 0.15) is 0 Å². The molecule has 0 bridgehead atoms. The maximum atomic E-state index is 10.7. The van der Waals surface area contributed by atoms with Crippen molar-refractivity contribution in [3.8, 4) is 0 Å². The summed E-state index contributed by atoms with van der Waals surface area (Å²) in [4.78, 5) is 14.8. The molecule has 0 heterocycles. The third kappa shape index (κ3) is 5.50. The van der Waals surface area contributed by atoms with Crippen molar-refractivity contribution >= 4 is 11.5 Å². The van der Waals surface area contributed by atoms with Crippen LogP contribution in [0.25, 0.3) is 0 Å². The lowest BCUT2D eigenvalue weighted by atomic mass is 9.88. The van der Waals surface area contributed by atoms with Crippen LogP contribution in [0.3, 0.4) is 0 Å². The molecule has 5 nitrogen and oxygen atoms in total. The number of rotatable bonds is 4. The second-order valence-electron chi connectivity index (χ2n) is 5.60. The molecule has 0 fully saturated rings. The number of nitrogens with one attached hydrogen (secondary N) is 1. The first kappa shape index (κ1) is 15.1. The van der Waals surface area contributed by atoms with Crippen LogP contribution >= 0.6 is 0 Å². The second-order valence-corrected chi connectivity index (χ2v) is 5.60. The standard InChI is InChI=1S/C14H21N3O2/c1-11(14(2,3)4)15-13(10-17(18)19)16-12-8-6-5-7-9-12/h5-9,11H,10H2,1-4H3,(H,15,16). The Kier molecular flexibility index (Phi) is 5.03. The quantitative estimate of drug-likeness (QED) is 0.392. The van der Waals surface area contributed by atoms with Crippen molar-refractivity contribution in [2.45, 2.75) is 33.7 Å². The van der Waals surface area contributed by atoms with Gasteiger partial charge in [-0.1, -0.05) is 39.0 Å². The van der Waals surface area contributed by atoms with Gasteiger partial charge in [-0.2, -0.15) is 0 Å². The van der Waals surface area contributed by atoms with E-state index in [9.17, 15) is 10.1 Å². The molecule has 19 heavy (non-hydrogen) atoms. The van der Waals surface area contributed by atoms with Crippen LogP contribution in [0, 0.1) is 15.5 Å². The lowest BCUT2D eigenvalue weighted by Gasteiger charge is -2.24. The van der Waals surface area contributed by atoms with Crippen LogP contribution in [0.15, 0.2) is 35.3 Å². The monoisotopic (exact) mass is 263 g/mol. The summed E-state index contributed by atoms with van der Waals surface area (Å²) in [6, 6.07) is 9.36. The Balaban J connectivity index is 2.89. The highest BCUT2D eigenvalue weighted by Crippen LogP contribution is 2.22. The number of hydrogen-bond donors (Lipinski definition) is 1. The van der Waals surface area contributed by atoms with Crippen LogP contribution in [0.2, 0.25) is 0 Å². The lowest BCUT2D eigenvalue weighted by molar-refractivity contribution is -0.463. The molecule has 1 atom stereocenters. The van der Waals surface area contributed by atoms with E-state index >= 15 is 0 Å². The van der Waals surface area contributed by atoms with Gasteiger partial charge in [0, 0.05) is 10.6 Å². The minimum atomic E-state index is -0.371. The number of benzene rings is 1. The number of nitrogens with zero attached hydrogens (tertiary/aromatic N) is 2. The Morgan fingerprint density at radius 2 is 1.95 bits per heavy atom. The first-order valence-electron chi connectivity index (χ1n) is 6.29. The first-order valence-corrected chi connectivity index (χ1v) is 6.29. The van der Waals surface area contributed by atoms with E-state index in [1.54, 1.807) is 0 Å². The zero-order chi connectivity index (χ0) is 14.5. The van der Waals surface area contributed by atoms with Crippen LogP contribution in [-0.4, -0.2) is 23.3 Å². The van der Waals surface area contributed by atoms with Crippen molar-refractivity contribution < 1.29 is 4.92 Å². The fraction of sp³-hybridized carbons (Fsp3) is 0.500. The highest BCUT2D eigenvalue weighted by molar-refractivity contribution is 5.96. The van der Waals surface area contributed by atoms with E-state index in [1.807, 2.05) is 37.3 Å². The van der Waals surface area contributed by atoms with Crippen LogP contribution in [0.1, 0.15) is 27.7 Å². The molecule has 0 radical (unpaired) electrons. The molecule has 0 aliphatic rings. The molecule has 0 amide bonds. The maximum absolute atomic E-state index is 10.7. The van der Waals surface area contributed by atoms with E-state index < -0.39 is 0 Å². The number of para-hydroxylation sites is 1. The van der Waals surface area contributed by atoms with Crippen LogP contribution in [0.5, 0.6) is 0 Å². The fourth-order valence-corrected chi connectivity index (χ4v) is 1.35. The summed E-state index contributed by atoms with van der Waals surface area (Å²) in [6.07, 6.45) is 0. The van der Waals surface area contributed by atoms with E-state index in [1.165, 1.54) is 0 Å². The summed E-state index contributed by atoms with van der Waals surface area (Å²) in [7, 11) is 0. The molecule has 0 aromatic heterocycles. The highest BCUT2D eigenvalue weighted by Gasteiger charge is 2.21. The molecule has 0 spiro atoms. The van der Waals surface area contributed by atoms with E-state index in [0.29, 0.717) is 5.84 Å². The average molecular weight is 263 g/mol. The zero-order valence-electron chi connectivity index (χ0n) is 11.9. The van der Waals surface area contributed by atoms with Crippen molar-refractivity contribution in [2.24, 2.45) is 10.4 Å². The van der Waals surface area contributed by atoms with Gasteiger partial charge >= 0.3 is 0 Å². The Morgan fingerprint density at radius 3 is 2.42 bits per heavy atom. The zero-order valence-corrected chi connectivity index (χ0v) is 11.9. The number of anilines is 1. The van der Waals surface area contributed by atoms with Gasteiger partial charge in [0.2, 0.25) is 0 Å². The van der Waals surface area contributed by atoms with E-state index in [4.69, 9.17) is 0 Å². The van der Waals surface area contributed by atoms with Crippen molar-refractivity contribution in [3.05, 3.63) is 40.4 Å². The predicted octanol–water partition coefficient (Wildman–Crippen LogP) is 3.21. The smallest absolute Gasteiger partial charge is 0.260 e. The highest BCUT2D eigenvalue weighted by atomic mass is 16.6. The summed E-state index contributed by atoms with van der Waals surface area (Å²) in [6.45, 7) is 7.86. The molecule has 0 saturated carbocycles. The largest absolute Gasteiger partial charge is 0.339 e. The van der Waals surface area contributed by atoms with Crippen molar-refractivity contribution in [1.82, 2.24) is 0 Å². The number of hydrogen-bond acceptors (Lipinski definition) is 3. The number of amidine groups is 1. The lowest BCUT2D eigenvalue weighted by Crippen LogP contribution is -2.28. The maximum Gasteiger partial charge on any atom is 0.260 e. The third-order valence-electron chi connectivity index (χ3n) is 2.94. The second kappa shape index (κ2) is 6.31. The minimum Gasteiger partial charge on any atom is -0.339 e. The number of aliphatic imine (C=N–C) groups is 1. The molecule has 1 unspecified atom stereocenters. The normalized spacial score (nSPS) is 14.0. The van der Waals surface area contributed by atoms with Crippen molar-refractivity contribution in [2.75, 3.05) is 11.9 Å². The summed E-state index contributed by atoms with van der Waals surface area (Å²) in [5.41, 5.74) is 0.782. The summed E-state index contributed by atoms with van der Waals surface area (Å²) in [5.74, 6) is 0.388. The Labute approximate surface area is 113 Å². The van der Waals surface area contributed by atoms with Crippen LogP contribution in [-0.2, 0) is 0 Å². The van der Waals surface area contributed by atoms with Crippen LogP contribution in [0.4, 0.5) is 5.69 Å². The van der Waals surface area contributed by atoms with Crippen molar-refractivity contribution in [1.29, 1.82) is 0 Å². The van der Waals surface area contributed by atoms with Gasteiger partial charge < -0.3 is 5.32 Å². The van der Waals surface area contributed by atoms with Gasteiger partial charge in [-0.05, 0) is 24.5 Å². The van der Waals surface area contributed by atoms with E-state index in [0.717, 1.165) is 5.69 Å². The Bertz CT molecular complexity index is 450. The molecular formula is C14H21N3O2. The van der Waals surface area contributed by atoms with Gasteiger partial charge in [-0.3, -0.25) is 15.1 Å². The molecular weight excluding hydrogens is 242 g/mol. The van der Waals surface area contributed by atoms with Crippen molar-refractivity contribution in [3.63, 3.8) is 0 Å². The predicted molar refractivity (Wildman–Crippen MR) is 78.3 cm³/mol. The topological polar surface area (TPSA) is 67.5 Å². The Morgan fingerprint density at radius 1 is 1.37 bits per heavy atom. The SMILES string of the molecule is CC(N=C(C[N+](=O)[O-])Nc1ccccc1)C(C)(C)C. The molecule has 1 aromatic rings. The molecule has 5 heteroatoms. The summed E-state index contributed by atoms with van der Waals surface area (Å²) in [5, 5.41) is 13.7. The van der Waals surface area contributed by atoms with Gasteiger partial charge in [-0.25, -0.2) is 0 Å². The molecule has 104 valence electrons. The molecule has 1 rings (SSSR count). The van der Waals surface area contributed by atoms with Gasteiger partial charge in [-0.15, -0.1) is 0 Å².